The second kappa shape index (κ2) is 6.97. The highest BCUT2D eigenvalue weighted by atomic mass is 35.5. The molecule has 2 aromatic heterocycles. The number of methoxy groups -OCH3 is 1. The van der Waals surface area contributed by atoms with Gasteiger partial charge in [0.2, 0.25) is 5.76 Å². The van der Waals surface area contributed by atoms with Gasteiger partial charge < -0.3 is 9.15 Å². The maximum Gasteiger partial charge on any atom is 0.297 e. The summed E-state index contributed by atoms with van der Waals surface area (Å²) in [6.07, 6.45) is 0. The van der Waals surface area contributed by atoms with E-state index in [2.05, 4.69) is 4.98 Å². The smallest absolute Gasteiger partial charge is 0.297 e. The van der Waals surface area contributed by atoms with E-state index in [9.17, 15) is 9.59 Å². The van der Waals surface area contributed by atoms with Crippen molar-refractivity contribution in [2.75, 3.05) is 12.0 Å². The van der Waals surface area contributed by atoms with Crippen LogP contribution >= 0.6 is 22.9 Å². The fourth-order valence-electron chi connectivity index (χ4n) is 3.72. The van der Waals surface area contributed by atoms with E-state index < -0.39 is 11.9 Å². The summed E-state index contributed by atoms with van der Waals surface area (Å²) >= 11 is 7.45. The zero-order valence-electron chi connectivity index (χ0n) is 16.0. The third kappa shape index (κ3) is 2.81. The Morgan fingerprint density at radius 2 is 2.03 bits per heavy atom. The Morgan fingerprint density at radius 3 is 2.77 bits per heavy atom. The summed E-state index contributed by atoms with van der Waals surface area (Å²) in [6, 6.07) is 11.4. The summed E-state index contributed by atoms with van der Waals surface area (Å²) in [6.45, 7) is 1.86. The molecule has 4 aromatic rings. The van der Waals surface area contributed by atoms with Gasteiger partial charge in [-0.25, -0.2) is 4.98 Å². The van der Waals surface area contributed by atoms with E-state index in [4.69, 9.17) is 20.8 Å². The Balaban J connectivity index is 1.83. The van der Waals surface area contributed by atoms with Crippen molar-refractivity contribution in [3.63, 3.8) is 0 Å². The minimum absolute atomic E-state index is 0.0236. The number of aromatic nitrogens is 1. The molecule has 150 valence electrons. The van der Waals surface area contributed by atoms with E-state index in [1.807, 2.05) is 36.6 Å². The zero-order valence-corrected chi connectivity index (χ0v) is 17.6. The van der Waals surface area contributed by atoms with Crippen molar-refractivity contribution in [1.82, 2.24) is 4.98 Å². The Bertz CT molecular complexity index is 1380. The van der Waals surface area contributed by atoms with Gasteiger partial charge in [0.25, 0.3) is 5.91 Å². The molecule has 1 unspecified atom stereocenters. The van der Waals surface area contributed by atoms with Crippen LogP contribution in [0.3, 0.4) is 0 Å². The lowest BCUT2D eigenvalue weighted by Crippen LogP contribution is -2.29. The van der Waals surface area contributed by atoms with Crippen LogP contribution in [0, 0.1) is 6.92 Å². The van der Waals surface area contributed by atoms with E-state index in [0.717, 1.165) is 11.3 Å². The summed E-state index contributed by atoms with van der Waals surface area (Å²) in [7, 11) is 1.57. The number of thiazole rings is 1. The summed E-state index contributed by atoms with van der Waals surface area (Å²) < 4.78 is 11.3. The molecule has 1 aliphatic heterocycles. The SMILES string of the molecule is COc1cccc(C2c3c(oc4ccc(Cl)cc4c3=O)C(=O)N2c2nc(C)cs2)c1. The molecular weight excluding hydrogens is 424 g/mol. The average molecular weight is 439 g/mol. The van der Waals surface area contributed by atoms with Crippen molar-refractivity contribution >= 4 is 44.9 Å². The van der Waals surface area contributed by atoms with Crippen LogP contribution in [-0.4, -0.2) is 18.0 Å². The largest absolute Gasteiger partial charge is 0.497 e. The second-order valence-electron chi connectivity index (χ2n) is 6.94. The number of carbonyl (C=O) groups is 1. The molecule has 0 bridgehead atoms. The van der Waals surface area contributed by atoms with Crippen molar-refractivity contribution in [3.05, 3.63) is 85.7 Å². The van der Waals surface area contributed by atoms with Crippen LogP contribution in [-0.2, 0) is 0 Å². The number of ether oxygens (including phenoxy) is 1. The average Bonchev–Trinajstić information content (AvgIpc) is 3.30. The van der Waals surface area contributed by atoms with Gasteiger partial charge in [0.1, 0.15) is 11.3 Å². The van der Waals surface area contributed by atoms with E-state index in [1.54, 1.807) is 25.3 Å². The molecular formula is C22H15ClN2O4S. The summed E-state index contributed by atoms with van der Waals surface area (Å²) in [4.78, 5) is 32.9. The monoisotopic (exact) mass is 438 g/mol. The van der Waals surface area contributed by atoms with Gasteiger partial charge in [0.15, 0.2) is 10.6 Å². The molecule has 1 amide bonds. The summed E-state index contributed by atoms with van der Waals surface area (Å²) in [5.41, 5.74) is 1.82. The molecule has 3 heterocycles. The molecule has 5 rings (SSSR count). The number of aryl methyl sites for hydroxylation is 1. The number of halogens is 1. The minimum atomic E-state index is -0.687. The van der Waals surface area contributed by atoms with E-state index in [-0.39, 0.29) is 16.8 Å². The minimum Gasteiger partial charge on any atom is -0.497 e. The molecule has 0 fully saturated rings. The van der Waals surface area contributed by atoms with Gasteiger partial charge in [-0.2, -0.15) is 0 Å². The topological polar surface area (TPSA) is 72.6 Å². The molecule has 0 aliphatic carbocycles. The van der Waals surface area contributed by atoms with Gasteiger partial charge in [0.05, 0.1) is 29.8 Å². The normalized spacial score (nSPS) is 15.6. The van der Waals surface area contributed by atoms with E-state index >= 15 is 0 Å². The first-order valence-corrected chi connectivity index (χ1v) is 10.4. The fraction of sp³-hybridized carbons (Fsp3) is 0.136. The number of benzene rings is 2. The molecule has 0 saturated heterocycles. The lowest BCUT2D eigenvalue weighted by atomic mass is 9.98. The molecule has 2 aromatic carbocycles. The first-order valence-electron chi connectivity index (χ1n) is 9.14. The second-order valence-corrected chi connectivity index (χ2v) is 8.21. The summed E-state index contributed by atoms with van der Waals surface area (Å²) in [5, 5.41) is 3.11. The lowest BCUT2D eigenvalue weighted by Gasteiger charge is -2.22. The first-order chi connectivity index (χ1) is 14.5. The first kappa shape index (κ1) is 18.8. The maximum absolute atomic E-state index is 13.5. The number of fused-ring (bicyclic) bond motifs is 2. The molecule has 1 atom stereocenters. The number of rotatable bonds is 3. The van der Waals surface area contributed by atoms with Crippen LogP contribution in [0.1, 0.15) is 33.4 Å². The Morgan fingerprint density at radius 1 is 1.20 bits per heavy atom. The number of anilines is 1. The van der Waals surface area contributed by atoms with Gasteiger partial charge >= 0.3 is 0 Å². The predicted molar refractivity (Wildman–Crippen MR) is 116 cm³/mol. The standard InChI is InChI=1S/C22H15ClN2O4S/c1-11-10-30-22(24-11)25-18(12-4-3-5-14(8-12)28-2)17-19(26)15-9-13(23)6-7-16(15)29-20(17)21(25)27/h3-10,18H,1-2H3. The Hall–Kier alpha value is -3.16. The fourth-order valence-corrected chi connectivity index (χ4v) is 4.72. The molecule has 0 spiro atoms. The number of hydrogen-bond donors (Lipinski definition) is 0. The van der Waals surface area contributed by atoms with E-state index in [0.29, 0.717) is 26.9 Å². The predicted octanol–water partition coefficient (Wildman–Crippen LogP) is 4.97. The van der Waals surface area contributed by atoms with Crippen LogP contribution in [0.4, 0.5) is 5.13 Å². The molecule has 0 saturated carbocycles. The van der Waals surface area contributed by atoms with Crippen LogP contribution in [0.5, 0.6) is 5.75 Å². The molecule has 30 heavy (non-hydrogen) atoms. The molecule has 8 heteroatoms. The highest BCUT2D eigenvalue weighted by Crippen LogP contribution is 2.42. The molecule has 1 aliphatic rings. The van der Waals surface area contributed by atoms with Crippen molar-refractivity contribution in [3.8, 4) is 5.75 Å². The zero-order chi connectivity index (χ0) is 21.0. The van der Waals surface area contributed by atoms with Gasteiger partial charge in [0, 0.05) is 10.4 Å². The van der Waals surface area contributed by atoms with Gasteiger partial charge in [-0.05, 0) is 42.8 Å². The number of amides is 1. The van der Waals surface area contributed by atoms with Crippen molar-refractivity contribution in [2.24, 2.45) is 0 Å². The summed E-state index contributed by atoms with van der Waals surface area (Å²) in [5.74, 6) is 0.244. The molecule has 0 radical (unpaired) electrons. The van der Waals surface area contributed by atoms with Gasteiger partial charge in [-0.15, -0.1) is 11.3 Å². The number of hydrogen-bond acceptors (Lipinski definition) is 6. The maximum atomic E-state index is 13.5. The van der Waals surface area contributed by atoms with E-state index in [1.165, 1.54) is 16.2 Å². The Labute approximate surface area is 180 Å². The van der Waals surface area contributed by atoms with Crippen LogP contribution in [0.2, 0.25) is 5.02 Å². The molecule has 6 nitrogen and oxygen atoms in total. The van der Waals surface area contributed by atoms with Crippen molar-refractivity contribution in [1.29, 1.82) is 0 Å². The third-order valence-electron chi connectivity index (χ3n) is 5.05. The number of carbonyl (C=O) groups excluding carboxylic acids is 1. The van der Waals surface area contributed by atoms with Gasteiger partial charge in [-0.3, -0.25) is 14.5 Å². The quantitative estimate of drug-likeness (QED) is 0.451. The highest BCUT2D eigenvalue weighted by molar-refractivity contribution is 7.14. The molecule has 0 N–H and O–H groups in total. The third-order valence-corrected chi connectivity index (χ3v) is 6.25. The number of nitrogens with zero attached hydrogens (tertiary/aromatic N) is 2. The lowest BCUT2D eigenvalue weighted by molar-refractivity contribution is 0.0971. The van der Waals surface area contributed by atoms with Crippen LogP contribution in [0.15, 0.2) is 57.1 Å². The van der Waals surface area contributed by atoms with Crippen molar-refractivity contribution < 1.29 is 13.9 Å². The van der Waals surface area contributed by atoms with Crippen molar-refractivity contribution in [2.45, 2.75) is 13.0 Å². The van der Waals surface area contributed by atoms with Crippen LogP contribution < -0.4 is 15.1 Å². The Kier molecular flexibility index (Phi) is 4.38. The highest BCUT2D eigenvalue weighted by Gasteiger charge is 2.45. The van der Waals surface area contributed by atoms with Crippen LogP contribution in [0.25, 0.3) is 11.0 Å². The van der Waals surface area contributed by atoms with Gasteiger partial charge in [-0.1, -0.05) is 23.7 Å².